The zero-order valence-electron chi connectivity index (χ0n) is 16.8. The molecule has 1 saturated heterocycles. The van der Waals surface area contributed by atoms with Crippen LogP contribution in [-0.2, 0) is 22.4 Å². The van der Waals surface area contributed by atoms with E-state index >= 15 is 0 Å². The van der Waals surface area contributed by atoms with Crippen molar-refractivity contribution in [1.82, 2.24) is 14.9 Å². The SMILES string of the molecule is CCC(=O)N1CCC(c2nc(C)c3c(n2)N(CCc2ccc(F)cc2)C(=O)C3)C1. The maximum atomic E-state index is 13.1. The van der Waals surface area contributed by atoms with E-state index in [4.69, 9.17) is 4.98 Å². The molecule has 152 valence electrons. The second kappa shape index (κ2) is 7.89. The maximum absolute atomic E-state index is 13.1. The Morgan fingerprint density at radius 2 is 2.00 bits per heavy atom. The Labute approximate surface area is 169 Å². The third kappa shape index (κ3) is 3.86. The van der Waals surface area contributed by atoms with Crippen LogP contribution in [-0.4, -0.2) is 46.3 Å². The van der Waals surface area contributed by atoms with Gasteiger partial charge in [0.25, 0.3) is 0 Å². The van der Waals surface area contributed by atoms with Crippen molar-refractivity contribution in [2.75, 3.05) is 24.5 Å². The molecule has 2 amide bonds. The van der Waals surface area contributed by atoms with Gasteiger partial charge in [0.1, 0.15) is 17.5 Å². The fourth-order valence-electron chi connectivity index (χ4n) is 4.12. The quantitative estimate of drug-likeness (QED) is 0.780. The zero-order valence-corrected chi connectivity index (χ0v) is 16.8. The number of amides is 2. The van der Waals surface area contributed by atoms with Gasteiger partial charge in [0.2, 0.25) is 11.8 Å². The van der Waals surface area contributed by atoms with Crippen LogP contribution in [0.15, 0.2) is 24.3 Å². The Morgan fingerprint density at radius 1 is 1.24 bits per heavy atom. The second-order valence-electron chi connectivity index (χ2n) is 7.75. The molecule has 0 bridgehead atoms. The van der Waals surface area contributed by atoms with Crippen LogP contribution < -0.4 is 4.90 Å². The molecule has 1 atom stereocenters. The van der Waals surface area contributed by atoms with E-state index in [1.54, 1.807) is 17.0 Å². The van der Waals surface area contributed by atoms with Crippen LogP contribution in [0.5, 0.6) is 0 Å². The first-order chi connectivity index (χ1) is 14.0. The minimum atomic E-state index is -0.267. The molecule has 7 heteroatoms. The highest BCUT2D eigenvalue weighted by Crippen LogP contribution is 2.33. The highest BCUT2D eigenvalue weighted by molar-refractivity contribution is 6.00. The fraction of sp³-hybridized carbons (Fsp3) is 0.455. The maximum Gasteiger partial charge on any atom is 0.232 e. The minimum Gasteiger partial charge on any atom is -0.342 e. The van der Waals surface area contributed by atoms with Crippen molar-refractivity contribution >= 4 is 17.6 Å². The van der Waals surface area contributed by atoms with Crippen LogP contribution in [0.25, 0.3) is 0 Å². The number of aryl methyl sites for hydroxylation is 1. The molecule has 3 heterocycles. The van der Waals surface area contributed by atoms with E-state index < -0.39 is 0 Å². The van der Waals surface area contributed by atoms with Gasteiger partial charge in [-0.2, -0.15) is 0 Å². The first kappa shape index (κ1) is 19.5. The number of benzene rings is 1. The van der Waals surface area contributed by atoms with Gasteiger partial charge in [0.15, 0.2) is 0 Å². The van der Waals surface area contributed by atoms with E-state index in [-0.39, 0.29) is 23.5 Å². The average Bonchev–Trinajstić information content (AvgIpc) is 3.32. The molecule has 1 aromatic heterocycles. The summed E-state index contributed by atoms with van der Waals surface area (Å²) in [6.07, 6.45) is 2.29. The van der Waals surface area contributed by atoms with Crippen molar-refractivity contribution < 1.29 is 14.0 Å². The molecule has 2 aliphatic heterocycles. The second-order valence-corrected chi connectivity index (χ2v) is 7.75. The number of nitrogens with zero attached hydrogens (tertiary/aromatic N) is 4. The number of carbonyl (C=O) groups excluding carboxylic acids is 2. The summed E-state index contributed by atoms with van der Waals surface area (Å²) in [7, 11) is 0. The molecule has 4 rings (SSSR count). The third-order valence-electron chi connectivity index (χ3n) is 5.84. The van der Waals surface area contributed by atoms with Crippen LogP contribution in [0.1, 0.15) is 48.3 Å². The number of likely N-dealkylation sites (tertiary alicyclic amines) is 1. The number of hydrogen-bond donors (Lipinski definition) is 0. The minimum absolute atomic E-state index is 0.0193. The Hall–Kier alpha value is -2.83. The highest BCUT2D eigenvalue weighted by Gasteiger charge is 2.34. The Balaban J connectivity index is 1.54. The van der Waals surface area contributed by atoms with Gasteiger partial charge in [-0.1, -0.05) is 19.1 Å². The van der Waals surface area contributed by atoms with Gasteiger partial charge in [0.05, 0.1) is 6.42 Å². The van der Waals surface area contributed by atoms with Crippen molar-refractivity contribution in [2.45, 2.75) is 45.4 Å². The first-order valence-corrected chi connectivity index (χ1v) is 10.2. The zero-order chi connectivity index (χ0) is 20.5. The smallest absolute Gasteiger partial charge is 0.232 e. The van der Waals surface area contributed by atoms with E-state index in [1.807, 2.05) is 18.7 Å². The van der Waals surface area contributed by atoms with Gasteiger partial charge in [0, 0.05) is 43.2 Å². The number of hydrogen-bond acceptors (Lipinski definition) is 4. The van der Waals surface area contributed by atoms with Crippen LogP contribution in [0, 0.1) is 12.7 Å². The molecule has 29 heavy (non-hydrogen) atoms. The van der Waals surface area contributed by atoms with Gasteiger partial charge in [-0.15, -0.1) is 0 Å². The molecule has 2 aromatic rings. The number of rotatable bonds is 5. The summed E-state index contributed by atoms with van der Waals surface area (Å²) >= 11 is 0. The first-order valence-electron chi connectivity index (χ1n) is 10.2. The van der Waals surface area contributed by atoms with Gasteiger partial charge in [-0.3, -0.25) is 14.5 Å². The number of carbonyl (C=O) groups is 2. The summed E-state index contributed by atoms with van der Waals surface area (Å²) in [5, 5.41) is 0. The summed E-state index contributed by atoms with van der Waals surface area (Å²) in [6.45, 7) is 5.65. The Bertz CT molecular complexity index is 945. The molecule has 0 spiro atoms. The molecule has 1 fully saturated rings. The number of aromatic nitrogens is 2. The predicted molar refractivity (Wildman–Crippen MR) is 107 cm³/mol. The Morgan fingerprint density at radius 3 is 2.72 bits per heavy atom. The summed E-state index contributed by atoms with van der Waals surface area (Å²) in [5.74, 6) is 1.42. The largest absolute Gasteiger partial charge is 0.342 e. The molecule has 0 radical (unpaired) electrons. The standard InChI is InChI=1S/C22H25FN4O2/c1-3-19(28)26-10-9-16(13-26)21-24-14(2)18-12-20(29)27(22(18)25-21)11-8-15-4-6-17(23)7-5-15/h4-7,16H,3,8-13H2,1-2H3. The van der Waals surface area contributed by atoms with Gasteiger partial charge < -0.3 is 4.90 Å². The molecule has 1 unspecified atom stereocenters. The van der Waals surface area contributed by atoms with E-state index in [9.17, 15) is 14.0 Å². The van der Waals surface area contributed by atoms with E-state index in [2.05, 4.69) is 4.98 Å². The molecular formula is C22H25FN4O2. The summed E-state index contributed by atoms with van der Waals surface area (Å²) < 4.78 is 13.1. The van der Waals surface area contributed by atoms with Crippen molar-refractivity contribution in [1.29, 1.82) is 0 Å². The van der Waals surface area contributed by atoms with Gasteiger partial charge in [-0.25, -0.2) is 14.4 Å². The lowest BCUT2D eigenvalue weighted by Gasteiger charge is -2.19. The topological polar surface area (TPSA) is 66.4 Å². The van der Waals surface area contributed by atoms with Crippen LogP contribution in [0.4, 0.5) is 10.2 Å². The summed E-state index contributed by atoms with van der Waals surface area (Å²) in [5.41, 5.74) is 2.70. The molecular weight excluding hydrogens is 371 g/mol. The molecule has 6 nitrogen and oxygen atoms in total. The predicted octanol–water partition coefficient (Wildman–Crippen LogP) is 2.78. The molecule has 0 N–H and O–H groups in total. The summed E-state index contributed by atoms with van der Waals surface area (Å²) in [6, 6.07) is 6.35. The Kier molecular flexibility index (Phi) is 5.30. The van der Waals surface area contributed by atoms with E-state index in [1.165, 1.54) is 12.1 Å². The van der Waals surface area contributed by atoms with E-state index in [0.717, 1.165) is 29.8 Å². The van der Waals surface area contributed by atoms with Gasteiger partial charge >= 0.3 is 0 Å². The molecule has 0 aliphatic carbocycles. The van der Waals surface area contributed by atoms with E-state index in [0.29, 0.717) is 44.0 Å². The van der Waals surface area contributed by atoms with Crippen LogP contribution >= 0.6 is 0 Å². The average molecular weight is 396 g/mol. The molecule has 0 saturated carbocycles. The molecule has 1 aromatic carbocycles. The third-order valence-corrected chi connectivity index (χ3v) is 5.84. The van der Waals surface area contributed by atoms with Crippen molar-refractivity contribution in [3.05, 3.63) is 52.7 Å². The van der Waals surface area contributed by atoms with Crippen molar-refractivity contribution in [3.8, 4) is 0 Å². The van der Waals surface area contributed by atoms with Crippen LogP contribution in [0.2, 0.25) is 0 Å². The van der Waals surface area contributed by atoms with Gasteiger partial charge in [-0.05, 0) is 37.5 Å². The number of fused-ring (bicyclic) bond motifs is 1. The van der Waals surface area contributed by atoms with Crippen molar-refractivity contribution in [2.24, 2.45) is 0 Å². The summed E-state index contributed by atoms with van der Waals surface area (Å²) in [4.78, 5) is 37.6. The highest BCUT2D eigenvalue weighted by atomic mass is 19.1. The monoisotopic (exact) mass is 396 g/mol. The normalized spacial score (nSPS) is 18.4. The fourth-order valence-corrected chi connectivity index (χ4v) is 4.12. The lowest BCUT2D eigenvalue weighted by atomic mass is 10.1. The number of halogens is 1. The van der Waals surface area contributed by atoms with Crippen LogP contribution in [0.3, 0.4) is 0 Å². The van der Waals surface area contributed by atoms with Crippen molar-refractivity contribution in [3.63, 3.8) is 0 Å². The lowest BCUT2D eigenvalue weighted by molar-refractivity contribution is -0.129. The number of anilines is 1. The lowest BCUT2D eigenvalue weighted by Crippen LogP contribution is -2.30. The molecule has 2 aliphatic rings.